The lowest BCUT2D eigenvalue weighted by Gasteiger charge is -2.28. The number of amides is 1. The molecule has 192 valence electrons. The Labute approximate surface area is 207 Å². The summed E-state index contributed by atoms with van der Waals surface area (Å²) in [5, 5.41) is 13.2. The van der Waals surface area contributed by atoms with Crippen molar-refractivity contribution >= 4 is 21.6 Å². The smallest absolute Gasteiger partial charge is 0.407 e. The SMILES string of the molecule is CC(C)CC(C[C@@H](O)[C@H](Cc1ccccc1)NC(=O)OC1CCOC1)S(=O)(=O)c1ccc(N)cc1. The third-order valence-electron chi connectivity index (χ3n) is 6.11. The number of benzene rings is 2. The van der Waals surface area contributed by atoms with E-state index in [4.69, 9.17) is 15.2 Å². The molecule has 1 aliphatic heterocycles. The Bertz CT molecular complexity index is 1040. The van der Waals surface area contributed by atoms with Gasteiger partial charge >= 0.3 is 6.09 Å². The number of nitrogens with one attached hydrogen (secondary N) is 1. The van der Waals surface area contributed by atoms with Crippen LogP contribution in [0.3, 0.4) is 0 Å². The van der Waals surface area contributed by atoms with Gasteiger partial charge in [0.05, 0.1) is 35.5 Å². The number of anilines is 1. The number of aliphatic hydroxyl groups excluding tert-OH is 1. The number of nitrogens with two attached hydrogens (primary N) is 1. The molecule has 9 heteroatoms. The summed E-state index contributed by atoms with van der Waals surface area (Å²) in [6, 6.07) is 14.8. The van der Waals surface area contributed by atoms with Crippen molar-refractivity contribution in [1.82, 2.24) is 5.32 Å². The fraction of sp³-hybridized carbons (Fsp3) is 0.500. The number of sulfone groups is 1. The van der Waals surface area contributed by atoms with E-state index >= 15 is 0 Å². The fourth-order valence-electron chi connectivity index (χ4n) is 4.25. The number of hydrogen-bond acceptors (Lipinski definition) is 7. The molecule has 0 aromatic heterocycles. The molecule has 1 fully saturated rings. The van der Waals surface area contributed by atoms with E-state index in [0.717, 1.165) is 5.56 Å². The first-order valence-electron chi connectivity index (χ1n) is 12.0. The molecule has 8 nitrogen and oxygen atoms in total. The summed E-state index contributed by atoms with van der Waals surface area (Å²) in [5.41, 5.74) is 7.11. The largest absolute Gasteiger partial charge is 0.444 e. The van der Waals surface area contributed by atoms with Crippen molar-refractivity contribution in [2.75, 3.05) is 18.9 Å². The summed E-state index contributed by atoms with van der Waals surface area (Å²) < 4.78 is 37.6. The van der Waals surface area contributed by atoms with Crippen LogP contribution in [0.1, 0.15) is 38.7 Å². The van der Waals surface area contributed by atoms with Crippen molar-refractivity contribution < 1.29 is 27.8 Å². The molecule has 1 heterocycles. The highest BCUT2D eigenvalue weighted by atomic mass is 32.2. The van der Waals surface area contributed by atoms with Crippen molar-refractivity contribution in [3.8, 4) is 0 Å². The minimum absolute atomic E-state index is 0.0325. The highest BCUT2D eigenvalue weighted by Crippen LogP contribution is 2.27. The van der Waals surface area contributed by atoms with Crippen LogP contribution < -0.4 is 11.1 Å². The number of ether oxygens (including phenoxy) is 2. The van der Waals surface area contributed by atoms with Crippen LogP contribution in [-0.4, -0.2) is 56.3 Å². The molecular formula is C26H36N2O6S. The number of aliphatic hydroxyl groups is 1. The van der Waals surface area contributed by atoms with Crippen LogP contribution in [0.2, 0.25) is 0 Å². The zero-order valence-corrected chi connectivity index (χ0v) is 21.1. The monoisotopic (exact) mass is 504 g/mol. The molecule has 2 aromatic carbocycles. The van der Waals surface area contributed by atoms with Gasteiger partial charge in [0.25, 0.3) is 0 Å². The highest BCUT2D eigenvalue weighted by Gasteiger charge is 2.34. The molecule has 0 spiro atoms. The van der Waals surface area contributed by atoms with Gasteiger partial charge in [0.15, 0.2) is 9.84 Å². The van der Waals surface area contributed by atoms with Gasteiger partial charge in [0.1, 0.15) is 6.10 Å². The van der Waals surface area contributed by atoms with Gasteiger partial charge in [-0.25, -0.2) is 13.2 Å². The molecule has 1 saturated heterocycles. The Kier molecular flexibility index (Phi) is 9.54. The van der Waals surface area contributed by atoms with Crippen molar-refractivity contribution in [1.29, 1.82) is 0 Å². The molecule has 35 heavy (non-hydrogen) atoms. The summed E-state index contributed by atoms with van der Waals surface area (Å²) >= 11 is 0. The van der Waals surface area contributed by atoms with Crippen LogP contribution in [-0.2, 0) is 25.7 Å². The van der Waals surface area contributed by atoms with Crippen LogP contribution >= 0.6 is 0 Å². The summed E-state index contributed by atoms with van der Waals surface area (Å²) in [4.78, 5) is 12.8. The van der Waals surface area contributed by atoms with Crippen molar-refractivity contribution in [2.24, 2.45) is 5.92 Å². The lowest BCUT2D eigenvalue weighted by Crippen LogP contribution is -2.47. The standard InChI is InChI=1S/C26H36N2O6S/c1-18(2)14-23(35(31,32)22-10-8-20(27)9-11-22)16-25(29)24(15-19-6-4-3-5-7-19)28-26(30)34-21-12-13-33-17-21/h3-11,18,21,23-25,29H,12-17,27H2,1-2H3,(H,28,30)/t21?,23?,24-,25+/m0/s1. The highest BCUT2D eigenvalue weighted by molar-refractivity contribution is 7.92. The summed E-state index contributed by atoms with van der Waals surface area (Å²) in [7, 11) is -3.74. The molecule has 0 bridgehead atoms. The second-order valence-corrected chi connectivity index (χ2v) is 11.7. The zero-order valence-electron chi connectivity index (χ0n) is 20.3. The Balaban J connectivity index is 1.80. The fourth-order valence-corrected chi connectivity index (χ4v) is 6.24. The lowest BCUT2D eigenvalue weighted by molar-refractivity contribution is 0.0669. The molecule has 4 N–H and O–H groups in total. The molecule has 4 atom stereocenters. The second kappa shape index (κ2) is 12.4. The Hall–Kier alpha value is -2.62. The molecule has 2 unspecified atom stereocenters. The van der Waals surface area contributed by atoms with E-state index in [9.17, 15) is 18.3 Å². The molecule has 2 aromatic rings. The lowest BCUT2D eigenvalue weighted by atomic mass is 9.95. The quantitative estimate of drug-likeness (QED) is 0.401. The van der Waals surface area contributed by atoms with E-state index in [1.54, 1.807) is 12.1 Å². The normalized spacial score (nSPS) is 18.7. The van der Waals surface area contributed by atoms with Crippen molar-refractivity contribution in [3.63, 3.8) is 0 Å². The van der Waals surface area contributed by atoms with E-state index in [-0.39, 0.29) is 23.3 Å². The summed E-state index contributed by atoms with van der Waals surface area (Å²) in [5.74, 6) is 0.0867. The molecular weight excluding hydrogens is 468 g/mol. The minimum Gasteiger partial charge on any atom is -0.444 e. The maximum Gasteiger partial charge on any atom is 0.407 e. The van der Waals surface area contributed by atoms with Crippen molar-refractivity contribution in [3.05, 3.63) is 60.2 Å². The number of alkyl carbamates (subject to hydrolysis) is 1. The van der Waals surface area contributed by atoms with Crippen LogP contribution in [0.15, 0.2) is 59.5 Å². The molecule has 3 rings (SSSR count). The molecule has 0 aliphatic carbocycles. The molecule has 0 radical (unpaired) electrons. The third-order valence-corrected chi connectivity index (χ3v) is 8.31. The van der Waals surface area contributed by atoms with Gasteiger partial charge in [-0.1, -0.05) is 44.2 Å². The van der Waals surface area contributed by atoms with Gasteiger partial charge in [-0.3, -0.25) is 0 Å². The molecule has 1 amide bonds. The van der Waals surface area contributed by atoms with Crippen LogP contribution in [0.25, 0.3) is 0 Å². The number of rotatable bonds is 11. The number of carbonyl (C=O) groups excluding carboxylic acids is 1. The van der Waals surface area contributed by atoms with E-state index in [1.807, 2.05) is 44.2 Å². The van der Waals surface area contributed by atoms with E-state index < -0.39 is 33.3 Å². The van der Waals surface area contributed by atoms with Crippen LogP contribution in [0.5, 0.6) is 0 Å². The maximum atomic E-state index is 13.5. The number of hydrogen-bond donors (Lipinski definition) is 3. The predicted octanol–water partition coefficient (Wildman–Crippen LogP) is 3.33. The van der Waals surface area contributed by atoms with E-state index in [0.29, 0.717) is 38.2 Å². The minimum atomic E-state index is -3.74. The number of nitrogen functional groups attached to an aromatic ring is 1. The Morgan fingerprint density at radius 2 is 1.83 bits per heavy atom. The van der Waals surface area contributed by atoms with Gasteiger partial charge in [-0.05, 0) is 55.0 Å². The van der Waals surface area contributed by atoms with Gasteiger partial charge in [-0.15, -0.1) is 0 Å². The second-order valence-electron chi connectivity index (χ2n) is 9.50. The summed E-state index contributed by atoms with van der Waals surface area (Å²) in [6.45, 7) is 4.76. The first kappa shape index (κ1) is 27.0. The van der Waals surface area contributed by atoms with Crippen molar-refractivity contribution in [2.45, 2.75) is 67.9 Å². The summed E-state index contributed by atoms with van der Waals surface area (Å²) in [6.07, 6.45) is -0.813. The van der Waals surface area contributed by atoms with Gasteiger partial charge in [-0.2, -0.15) is 0 Å². The van der Waals surface area contributed by atoms with Crippen LogP contribution in [0.4, 0.5) is 10.5 Å². The van der Waals surface area contributed by atoms with E-state index in [2.05, 4.69) is 5.32 Å². The first-order valence-corrected chi connectivity index (χ1v) is 13.6. The third kappa shape index (κ3) is 7.95. The van der Waals surface area contributed by atoms with E-state index in [1.165, 1.54) is 12.1 Å². The average Bonchev–Trinajstić information content (AvgIpc) is 3.31. The zero-order chi connectivity index (χ0) is 25.4. The number of carbonyl (C=O) groups is 1. The average molecular weight is 505 g/mol. The topological polar surface area (TPSA) is 128 Å². The Morgan fingerprint density at radius 3 is 2.43 bits per heavy atom. The van der Waals surface area contributed by atoms with Crippen LogP contribution in [0, 0.1) is 5.92 Å². The van der Waals surface area contributed by atoms with Gasteiger partial charge < -0.3 is 25.6 Å². The first-order chi connectivity index (χ1) is 16.6. The Morgan fingerprint density at radius 1 is 1.14 bits per heavy atom. The predicted molar refractivity (Wildman–Crippen MR) is 135 cm³/mol. The molecule has 0 saturated carbocycles. The van der Waals surface area contributed by atoms with Gasteiger partial charge in [0, 0.05) is 12.1 Å². The molecule has 1 aliphatic rings. The van der Waals surface area contributed by atoms with Gasteiger partial charge in [0.2, 0.25) is 0 Å². The maximum absolute atomic E-state index is 13.5.